The number of allylic oxidation sites excluding steroid dienone is 19. The highest BCUT2D eigenvalue weighted by atomic mass is 16.3. The van der Waals surface area contributed by atoms with Gasteiger partial charge in [-0.3, -0.25) is 4.79 Å². The van der Waals surface area contributed by atoms with Crippen LogP contribution in [0.15, 0.2) is 122 Å². The van der Waals surface area contributed by atoms with Crippen LogP contribution in [0.2, 0.25) is 0 Å². The topological polar surface area (TPSA) is 69.6 Å². The second-order valence-corrected chi connectivity index (χ2v) is 19.7. The molecular weight excluding hydrogens is 855 g/mol. The number of rotatable bonds is 53. The average Bonchev–Trinajstić information content (AvgIpc) is 3.36. The van der Waals surface area contributed by atoms with Gasteiger partial charge in [-0.1, -0.05) is 296 Å². The Morgan fingerprint density at radius 2 is 0.629 bits per heavy atom. The normalized spacial score (nSPS) is 13.7. The molecule has 0 rings (SSSR count). The molecule has 0 fully saturated rings. The summed E-state index contributed by atoms with van der Waals surface area (Å²) in [5.74, 6) is -0.0855. The molecule has 2 unspecified atom stereocenters. The molecular formula is C66H113NO3. The summed E-state index contributed by atoms with van der Waals surface area (Å²) < 4.78 is 0. The molecule has 400 valence electrons. The Bertz CT molecular complexity index is 1380. The van der Waals surface area contributed by atoms with Gasteiger partial charge in [-0.25, -0.2) is 0 Å². The zero-order chi connectivity index (χ0) is 50.6. The lowest BCUT2D eigenvalue weighted by atomic mass is 10.0. The van der Waals surface area contributed by atoms with Crippen molar-refractivity contribution in [2.75, 3.05) is 6.61 Å². The van der Waals surface area contributed by atoms with Crippen molar-refractivity contribution in [1.29, 1.82) is 0 Å². The largest absolute Gasteiger partial charge is 0.394 e. The Morgan fingerprint density at radius 1 is 0.357 bits per heavy atom. The first-order valence-corrected chi connectivity index (χ1v) is 29.7. The Morgan fingerprint density at radius 3 is 0.943 bits per heavy atom. The minimum absolute atomic E-state index is 0.0855. The van der Waals surface area contributed by atoms with Gasteiger partial charge in [0.15, 0.2) is 0 Å². The Kier molecular flexibility index (Phi) is 57.3. The van der Waals surface area contributed by atoms with E-state index >= 15 is 0 Å². The summed E-state index contributed by atoms with van der Waals surface area (Å²) in [5.41, 5.74) is 0. The van der Waals surface area contributed by atoms with Gasteiger partial charge >= 0.3 is 0 Å². The van der Waals surface area contributed by atoms with Crippen LogP contribution < -0.4 is 5.32 Å². The maximum absolute atomic E-state index is 12.5. The number of hydrogen-bond donors (Lipinski definition) is 3. The van der Waals surface area contributed by atoms with Crippen LogP contribution in [-0.2, 0) is 4.79 Å². The van der Waals surface area contributed by atoms with E-state index < -0.39 is 12.1 Å². The predicted octanol–water partition coefficient (Wildman–Crippen LogP) is 20.0. The van der Waals surface area contributed by atoms with Crippen molar-refractivity contribution in [3.63, 3.8) is 0 Å². The van der Waals surface area contributed by atoms with E-state index in [0.29, 0.717) is 6.42 Å². The second-order valence-electron chi connectivity index (χ2n) is 19.7. The molecule has 4 nitrogen and oxygen atoms in total. The van der Waals surface area contributed by atoms with Gasteiger partial charge in [-0.15, -0.1) is 0 Å². The highest BCUT2D eigenvalue weighted by molar-refractivity contribution is 5.76. The summed E-state index contributed by atoms with van der Waals surface area (Å²) >= 11 is 0. The third-order valence-corrected chi connectivity index (χ3v) is 13.0. The van der Waals surface area contributed by atoms with Gasteiger partial charge in [-0.05, 0) is 89.9 Å². The third kappa shape index (κ3) is 55.7. The lowest BCUT2D eigenvalue weighted by Crippen LogP contribution is -2.45. The van der Waals surface area contributed by atoms with E-state index in [1.807, 2.05) is 6.08 Å². The molecule has 4 heteroatoms. The molecule has 0 aliphatic heterocycles. The fourth-order valence-electron chi connectivity index (χ4n) is 8.47. The standard InChI is InChI=1S/C66H113NO3/c1-3-5-7-9-11-13-15-17-19-21-23-25-27-29-30-31-32-33-34-35-36-38-40-42-44-46-48-50-52-54-56-58-60-62-66(70)67-64(63-68)65(69)61-59-57-55-53-51-49-47-45-43-41-39-37-28-26-24-22-20-18-16-14-12-10-8-6-4-2/h5,7,11,13,17,19,23,25,29-30,32-33,35-36,40,42,46,48,59,61,64-65,68-69H,3-4,6,8-10,12,14-16,18,20-22,24,26-28,31,34,37-39,41,43-45,47,49-58,60,62-63H2,1-2H3,(H,67,70)/b7-5-,13-11-,19-17-,25-23-,30-29-,33-32-,36-35-,42-40-,48-46-,61-59+. The van der Waals surface area contributed by atoms with Crippen molar-refractivity contribution in [3.05, 3.63) is 122 Å². The summed E-state index contributed by atoms with van der Waals surface area (Å²) in [6.45, 7) is 4.20. The van der Waals surface area contributed by atoms with Crippen LogP contribution in [0, 0.1) is 0 Å². The molecule has 0 radical (unpaired) electrons. The molecule has 0 aromatic carbocycles. The number of aliphatic hydroxyl groups is 2. The number of hydrogen-bond acceptors (Lipinski definition) is 3. The number of unbranched alkanes of at least 4 members (excludes halogenated alkanes) is 28. The zero-order valence-corrected chi connectivity index (χ0v) is 46.0. The molecule has 0 saturated heterocycles. The minimum Gasteiger partial charge on any atom is -0.394 e. The quantitative estimate of drug-likeness (QED) is 0.0420. The van der Waals surface area contributed by atoms with Crippen LogP contribution in [0.1, 0.15) is 271 Å². The van der Waals surface area contributed by atoms with E-state index in [9.17, 15) is 15.0 Å². The summed E-state index contributed by atoms with van der Waals surface area (Å²) in [6.07, 6.45) is 92.2. The van der Waals surface area contributed by atoms with Crippen LogP contribution in [-0.4, -0.2) is 34.9 Å². The van der Waals surface area contributed by atoms with Gasteiger partial charge in [0, 0.05) is 6.42 Å². The lowest BCUT2D eigenvalue weighted by Gasteiger charge is -2.20. The number of aliphatic hydroxyl groups excluding tert-OH is 2. The van der Waals surface area contributed by atoms with Crippen molar-refractivity contribution in [2.24, 2.45) is 0 Å². The van der Waals surface area contributed by atoms with Crippen molar-refractivity contribution < 1.29 is 15.0 Å². The first kappa shape index (κ1) is 66.8. The van der Waals surface area contributed by atoms with E-state index in [2.05, 4.69) is 129 Å². The maximum atomic E-state index is 12.5. The Labute approximate surface area is 435 Å². The van der Waals surface area contributed by atoms with Gasteiger partial charge in [0.25, 0.3) is 0 Å². The van der Waals surface area contributed by atoms with Crippen LogP contribution >= 0.6 is 0 Å². The van der Waals surface area contributed by atoms with Crippen LogP contribution in [0.4, 0.5) is 0 Å². The van der Waals surface area contributed by atoms with Crippen LogP contribution in [0.5, 0.6) is 0 Å². The smallest absolute Gasteiger partial charge is 0.220 e. The first-order valence-electron chi connectivity index (χ1n) is 29.7. The molecule has 0 aromatic rings. The number of amides is 1. The molecule has 70 heavy (non-hydrogen) atoms. The molecule has 0 aliphatic carbocycles. The van der Waals surface area contributed by atoms with Gasteiger partial charge in [0.05, 0.1) is 18.8 Å². The van der Waals surface area contributed by atoms with E-state index in [1.54, 1.807) is 6.08 Å². The van der Waals surface area contributed by atoms with Gasteiger partial charge < -0.3 is 15.5 Å². The van der Waals surface area contributed by atoms with Crippen molar-refractivity contribution in [3.8, 4) is 0 Å². The number of nitrogens with one attached hydrogen (secondary N) is 1. The molecule has 0 aromatic heterocycles. The highest BCUT2D eigenvalue weighted by Gasteiger charge is 2.18. The average molecular weight is 969 g/mol. The Balaban J connectivity index is 3.63. The van der Waals surface area contributed by atoms with Gasteiger partial charge in [0.1, 0.15) is 0 Å². The summed E-state index contributed by atoms with van der Waals surface area (Å²) in [7, 11) is 0. The monoisotopic (exact) mass is 968 g/mol. The predicted molar refractivity (Wildman–Crippen MR) is 312 cm³/mol. The zero-order valence-electron chi connectivity index (χ0n) is 46.0. The molecule has 3 N–H and O–H groups in total. The van der Waals surface area contributed by atoms with Gasteiger partial charge in [-0.2, -0.15) is 0 Å². The van der Waals surface area contributed by atoms with E-state index in [-0.39, 0.29) is 12.5 Å². The van der Waals surface area contributed by atoms with Crippen molar-refractivity contribution in [2.45, 2.75) is 283 Å². The van der Waals surface area contributed by atoms with E-state index in [1.165, 1.54) is 154 Å². The number of carbonyl (C=O) groups is 1. The highest BCUT2D eigenvalue weighted by Crippen LogP contribution is 2.16. The summed E-state index contributed by atoms with van der Waals surface area (Å²) in [6, 6.07) is -0.643. The van der Waals surface area contributed by atoms with E-state index in [0.717, 1.165) is 96.3 Å². The minimum atomic E-state index is -0.858. The molecule has 0 saturated carbocycles. The fourth-order valence-corrected chi connectivity index (χ4v) is 8.47. The third-order valence-electron chi connectivity index (χ3n) is 13.0. The summed E-state index contributed by atoms with van der Waals surface area (Å²) in [5, 5.41) is 23.2. The maximum Gasteiger partial charge on any atom is 0.220 e. The summed E-state index contributed by atoms with van der Waals surface area (Å²) in [4.78, 5) is 12.5. The molecule has 0 aliphatic rings. The first-order chi connectivity index (χ1) is 34.7. The van der Waals surface area contributed by atoms with E-state index in [4.69, 9.17) is 0 Å². The Hall–Kier alpha value is -3.21. The molecule has 0 spiro atoms. The molecule has 0 heterocycles. The second kappa shape index (κ2) is 60.1. The van der Waals surface area contributed by atoms with Crippen molar-refractivity contribution >= 4 is 5.91 Å². The van der Waals surface area contributed by atoms with Crippen LogP contribution in [0.3, 0.4) is 0 Å². The van der Waals surface area contributed by atoms with Crippen LogP contribution in [0.25, 0.3) is 0 Å². The fraction of sp³-hybridized carbons (Fsp3) is 0.682. The number of carbonyl (C=O) groups excluding carboxylic acids is 1. The van der Waals surface area contributed by atoms with Crippen molar-refractivity contribution in [1.82, 2.24) is 5.32 Å². The lowest BCUT2D eigenvalue weighted by molar-refractivity contribution is -0.123. The van der Waals surface area contributed by atoms with Gasteiger partial charge in [0.2, 0.25) is 5.91 Å². The molecule has 1 amide bonds. The molecule has 2 atom stereocenters. The SMILES string of the molecule is CC/C=C\C/C=C\C/C=C\C/C=C\C/C=C\C/C=C\C/C=C\C/C=C\C/C=C\CCCCCCCC(=O)NC(CO)C(O)/C=C/CCCCCCCCCCCCCCCCCCCCCCCCC. The molecule has 0 bridgehead atoms.